The van der Waals surface area contributed by atoms with Gasteiger partial charge in [0.05, 0.1) is 11.2 Å². The normalized spacial score (nSPS) is 11.3. The summed E-state index contributed by atoms with van der Waals surface area (Å²) in [6, 6.07) is 9.68. The Kier molecular flexibility index (Phi) is 1.73. The molecule has 0 atom stereocenters. The molecule has 0 spiro atoms. The van der Waals surface area contributed by atoms with Gasteiger partial charge < -0.3 is 9.52 Å². The van der Waals surface area contributed by atoms with Crippen molar-refractivity contribution in [3.05, 3.63) is 42.4 Å². The molecule has 0 radical (unpaired) electrons. The van der Waals surface area contributed by atoms with Gasteiger partial charge in [0.2, 0.25) is 0 Å². The number of rotatable bonds is 1. The number of hydrogen-bond donors (Lipinski definition) is 1. The highest BCUT2D eigenvalue weighted by molar-refractivity contribution is 5.96. The van der Waals surface area contributed by atoms with Gasteiger partial charge in [-0.15, -0.1) is 0 Å². The van der Waals surface area contributed by atoms with E-state index in [-0.39, 0.29) is 6.61 Å². The van der Waals surface area contributed by atoms with Gasteiger partial charge in [-0.25, -0.2) is 4.98 Å². The van der Waals surface area contributed by atoms with Gasteiger partial charge in [0.25, 0.3) is 0 Å². The van der Waals surface area contributed by atoms with E-state index in [1.54, 1.807) is 12.3 Å². The minimum absolute atomic E-state index is 0.0981. The summed E-state index contributed by atoms with van der Waals surface area (Å²) >= 11 is 0. The molecule has 3 rings (SSSR count). The highest BCUT2D eigenvalue weighted by Crippen LogP contribution is 2.31. The van der Waals surface area contributed by atoms with Gasteiger partial charge in [-0.2, -0.15) is 0 Å². The molecule has 0 bridgehead atoms. The average Bonchev–Trinajstić information content (AvgIpc) is 2.66. The maximum atomic E-state index is 8.95. The Bertz CT molecular complexity index is 585. The number of fused-ring (bicyclic) bond motifs is 3. The molecular formula is C12H9NO2. The van der Waals surface area contributed by atoms with Gasteiger partial charge in [-0.05, 0) is 6.07 Å². The van der Waals surface area contributed by atoms with E-state index in [2.05, 4.69) is 4.98 Å². The molecule has 74 valence electrons. The molecule has 3 nitrogen and oxygen atoms in total. The largest absolute Gasteiger partial charge is 0.466 e. The number of aliphatic hydroxyl groups is 1. The molecule has 0 fully saturated rings. The van der Waals surface area contributed by atoms with Gasteiger partial charge in [0.1, 0.15) is 18.6 Å². The molecule has 1 N–H and O–H groups in total. The second-order valence-electron chi connectivity index (χ2n) is 3.43. The highest BCUT2D eigenvalue weighted by Gasteiger charge is 2.12. The van der Waals surface area contributed by atoms with Crippen LogP contribution in [-0.2, 0) is 6.61 Å². The molecule has 0 aromatic heterocycles. The minimum Gasteiger partial charge on any atom is -0.466 e. The topological polar surface area (TPSA) is 46.3 Å². The summed E-state index contributed by atoms with van der Waals surface area (Å²) in [5, 5.41) is 10.0. The SMILES string of the molecule is OCc1cc2nc3ccccc3c-2co1. The first kappa shape index (κ1) is 8.44. The number of aromatic nitrogens is 1. The summed E-state index contributed by atoms with van der Waals surface area (Å²) in [5.74, 6) is 0.533. The van der Waals surface area contributed by atoms with Crippen LogP contribution < -0.4 is 0 Å². The third kappa shape index (κ3) is 1.21. The molecule has 0 aliphatic carbocycles. The second kappa shape index (κ2) is 3.07. The number of aliphatic hydroxyl groups excluding tert-OH is 1. The molecular weight excluding hydrogens is 190 g/mol. The van der Waals surface area contributed by atoms with E-state index in [0.29, 0.717) is 5.76 Å². The fourth-order valence-electron chi connectivity index (χ4n) is 1.76. The molecule has 2 aliphatic heterocycles. The Morgan fingerprint density at radius 3 is 3.00 bits per heavy atom. The summed E-state index contributed by atoms with van der Waals surface area (Å²) < 4.78 is 5.27. The highest BCUT2D eigenvalue weighted by atomic mass is 16.4. The monoisotopic (exact) mass is 199 g/mol. The maximum absolute atomic E-state index is 8.95. The summed E-state index contributed by atoms with van der Waals surface area (Å²) in [5.41, 5.74) is 2.81. The first-order valence-corrected chi connectivity index (χ1v) is 4.75. The molecule has 15 heavy (non-hydrogen) atoms. The van der Waals surface area contributed by atoms with Gasteiger partial charge >= 0.3 is 0 Å². The van der Waals surface area contributed by atoms with Gasteiger partial charge in [0.15, 0.2) is 0 Å². The second-order valence-corrected chi connectivity index (χ2v) is 3.43. The fourth-order valence-corrected chi connectivity index (χ4v) is 1.76. The third-order valence-electron chi connectivity index (χ3n) is 2.49. The van der Waals surface area contributed by atoms with Crippen molar-refractivity contribution >= 4 is 10.9 Å². The Morgan fingerprint density at radius 1 is 1.27 bits per heavy atom. The molecule has 0 unspecified atom stereocenters. The third-order valence-corrected chi connectivity index (χ3v) is 2.49. The van der Waals surface area contributed by atoms with Crippen LogP contribution in [0, 0.1) is 0 Å². The first-order valence-electron chi connectivity index (χ1n) is 4.75. The summed E-state index contributed by atoms with van der Waals surface area (Å²) in [6.07, 6.45) is 1.65. The Morgan fingerprint density at radius 2 is 2.13 bits per heavy atom. The number of nitrogens with zero attached hydrogens (tertiary/aromatic N) is 1. The Hall–Kier alpha value is -1.87. The van der Waals surface area contributed by atoms with Gasteiger partial charge in [-0.1, -0.05) is 18.2 Å². The average molecular weight is 199 g/mol. The molecule has 1 aromatic rings. The number of para-hydroxylation sites is 1. The van der Waals surface area contributed by atoms with E-state index in [0.717, 1.165) is 22.2 Å². The predicted molar refractivity (Wildman–Crippen MR) is 56.6 cm³/mol. The van der Waals surface area contributed by atoms with Crippen molar-refractivity contribution in [1.82, 2.24) is 4.98 Å². The van der Waals surface area contributed by atoms with Crippen LogP contribution in [0.2, 0.25) is 0 Å². The van der Waals surface area contributed by atoms with Crippen molar-refractivity contribution in [1.29, 1.82) is 0 Å². The number of hydrogen-bond acceptors (Lipinski definition) is 3. The van der Waals surface area contributed by atoms with Crippen molar-refractivity contribution in [2.45, 2.75) is 6.61 Å². The lowest BCUT2D eigenvalue weighted by Gasteiger charge is -1.99. The van der Waals surface area contributed by atoms with Gasteiger partial charge in [-0.3, -0.25) is 0 Å². The van der Waals surface area contributed by atoms with Crippen LogP contribution in [0.3, 0.4) is 0 Å². The van der Waals surface area contributed by atoms with Crippen molar-refractivity contribution < 1.29 is 9.52 Å². The molecule has 0 saturated heterocycles. The van der Waals surface area contributed by atoms with Crippen LogP contribution in [0.1, 0.15) is 5.76 Å². The molecule has 3 heteroatoms. The van der Waals surface area contributed by atoms with Crippen LogP contribution in [0.4, 0.5) is 0 Å². The zero-order chi connectivity index (χ0) is 10.3. The zero-order valence-electron chi connectivity index (χ0n) is 7.97. The molecule has 0 amide bonds. The van der Waals surface area contributed by atoms with Crippen molar-refractivity contribution in [3.8, 4) is 11.3 Å². The van der Waals surface area contributed by atoms with E-state index >= 15 is 0 Å². The summed E-state index contributed by atoms with van der Waals surface area (Å²) in [7, 11) is 0. The van der Waals surface area contributed by atoms with Crippen LogP contribution in [0.25, 0.3) is 22.2 Å². The summed E-state index contributed by atoms with van der Waals surface area (Å²) in [6.45, 7) is -0.0981. The standard InChI is InChI=1S/C12H9NO2/c14-6-8-5-12-10(7-15-8)9-3-1-2-4-11(9)13-12/h1-5,7,14H,6H2. The molecule has 2 heterocycles. The lowest BCUT2D eigenvalue weighted by molar-refractivity contribution is 0.244. The van der Waals surface area contributed by atoms with Crippen LogP contribution in [0.15, 0.2) is 41.0 Å². The van der Waals surface area contributed by atoms with Gasteiger partial charge in [0, 0.05) is 17.0 Å². The Balaban J connectivity index is 2.38. The molecule has 0 saturated carbocycles. The quantitative estimate of drug-likeness (QED) is 0.654. The summed E-state index contributed by atoms with van der Waals surface area (Å²) in [4.78, 5) is 4.45. The molecule has 2 aliphatic rings. The fraction of sp³-hybridized carbons (Fsp3) is 0.0833. The van der Waals surface area contributed by atoms with E-state index in [9.17, 15) is 0 Å². The van der Waals surface area contributed by atoms with E-state index in [1.165, 1.54) is 0 Å². The van der Waals surface area contributed by atoms with Crippen molar-refractivity contribution in [2.24, 2.45) is 0 Å². The van der Waals surface area contributed by atoms with Crippen molar-refractivity contribution in [2.75, 3.05) is 0 Å². The first-order chi connectivity index (χ1) is 7.38. The van der Waals surface area contributed by atoms with Crippen LogP contribution in [0.5, 0.6) is 0 Å². The van der Waals surface area contributed by atoms with Crippen LogP contribution >= 0.6 is 0 Å². The predicted octanol–water partition coefficient (Wildman–Crippen LogP) is 2.42. The Labute approximate surface area is 86.3 Å². The van der Waals surface area contributed by atoms with Crippen molar-refractivity contribution in [3.63, 3.8) is 0 Å². The minimum atomic E-state index is -0.0981. The maximum Gasteiger partial charge on any atom is 0.131 e. The number of benzene rings is 1. The van der Waals surface area contributed by atoms with E-state index < -0.39 is 0 Å². The van der Waals surface area contributed by atoms with E-state index in [4.69, 9.17) is 9.52 Å². The lowest BCUT2D eigenvalue weighted by atomic mass is 10.1. The van der Waals surface area contributed by atoms with E-state index in [1.807, 2.05) is 24.3 Å². The van der Waals surface area contributed by atoms with Crippen LogP contribution in [-0.4, -0.2) is 10.1 Å². The smallest absolute Gasteiger partial charge is 0.131 e. The molecule has 1 aromatic carbocycles. The lowest BCUT2D eigenvalue weighted by Crippen LogP contribution is -1.84. The zero-order valence-corrected chi connectivity index (χ0v) is 7.97.